The molecule has 0 amide bonds. The highest BCUT2D eigenvalue weighted by Gasteiger charge is 2.10. The number of anilines is 2. The Kier molecular flexibility index (Phi) is 3.71. The Labute approximate surface area is 94.3 Å². The van der Waals surface area contributed by atoms with Gasteiger partial charge in [-0.15, -0.1) is 0 Å². The smallest absolute Gasteiger partial charge is 0.299 e. The quantitative estimate of drug-likeness (QED) is 0.662. The Morgan fingerprint density at radius 2 is 2.19 bits per heavy atom. The van der Waals surface area contributed by atoms with Crippen LogP contribution in [-0.4, -0.2) is 15.0 Å². The number of hydrogen-bond acceptors (Lipinski definition) is 4. The Morgan fingerprint density at radius 3 is 2.69 bits per heavy atom. The van der Waals surface area contributed by atoms with Gasteiger partial charge in [-0.05, 0) is 18.2 Å². The average Bonchev–Trinajstić information content (AvgIpc) is 2.20. The molecule has 0 atom stereocenters. The summed E-state index contributed by atoms with van der Waals surface area (Å²) >= 11 is 0. The predicted molar refractivity (Wildman–Crippen MR) is 61.8 cm³/mol. The third-order valence-corrected chi connectivity index (χ3v) is 2.92. The molecule has 0 saturated heterocycles. The van der Waals surface area contributed by atoms with Gasteiger partial charge in [-0.25, -0.2) is 0 Å². The molecule has 4 N–H and O–H groups in total. The van der Waals surface area contributed by atoms with E-state index >= 15 is 0 Å². The van der Waals surface area contributed by atoms with Crippen molar-refractivity contribution in [2.75, 3.05) is 17.0 Å². The van der Waals surface area contributed by atoms with Crippen LogP contribution in [0.2, 0.25) is 0 Å². The number of nitriles is 1. The van der Waals surface area contributed by atoms with Crippen molar-refractivity contribution in [2.24, 2.45) is 0 Å². The van der Waals surface area contributed by atoms with Crippen LogP contribution < -0.4 is 15.2 Å². The zero-order valence-electron chi connectivity index (χ0n) is 8.69. The predicted octanol–water partition coefficient (Wildman–Crippen LogP) is 0.407. The van der Waals surface area contributed by atoms with E-state index in [1.165, 1.54) is 18.2 Å². The third kappa shape index (κ3) is 3.12. The Morgan fingerprint density at radius 1 is 1.50 bits per heavy atom. The molecular weight excluding hydrogens is 228 g/mol. The summed E-state index contributed by atoms with van der Waals surface area (Å²) in [6.45, 7) is 1.95. The highest BCUT2D eigenvalue weighted by Crippen LogP contribution is 2.20. The molecule has 6 nitrogen and oxygen atoms in total. The molecule has 1 rings (SSSR count). The maximum atomic E-state index is 11.4. The summed E-state index contributed by atoms with van der Waals surface area (Å²) in [7, 11) is -3.59. The van der Waals surface area contributed by atoms with Gasteiger partial charge < -0.3 is 5.73 Å². The van der Waals surface area contributed by atoms with Crippen molar-refractivity contribution in [1.82, 2.24) is 4.72 Å². The normalized spacial score (nSPS) is 10.8. The van der Waals surface area contributed by atoms with E-state index in [0.29, 0.717) is 5.56 Å². The van der Waals surface area contributed by atoms with E-state index < -0.39 is 10.2 Å². The van der Waals surface area contributed by atoms with Crippen molar-refractivity contribution >= 4 is 21.6 Å². The molecule has 16 heavy (non-hydrogen) atoms. The van der Waals surface area contributed by atoms with Gasteiger partial charge in [0, 0.05) is 6.54 Å². The van der Waals surface area contributed by atoms with E-state index in [9.17, 15) is 8.42 Å². The minimum Gasteiger partial charge on any atom is -0.397 e. The topological polar surface area (TPSA) is 108 Å². The lowest BCUT2D eigenvalue weighted by atomic mass is 10.2. The van der Waals surface area contributed by atoms with Crippen LogP contribution in [0.25, 0.3) is 0 Å². The van der Waals surface area contributed by atoms with Gasteiger partial charge in [0.25, 0.3) is 10.2 Å². The fraction of sp³-hybridized carbons (Fsp3) is 0.222. The number of nitrogens with one attached hydrogen (secondary N) is 2. The van der Waals surface area contributed by atoms with Gasteiger partial charge in [-0.3, -0.25) is 4.72 Å². The molecule has 86 valence electrons. The number of rotatable bonds is 4. The van der Waals surface area contributed by atoms with Crippen LogP contribution in [0.4, 0.5) is 11.4 Å². The van der Waals surface area contributed by atoms with Gasteiger partial charge in [0.05, 0.1) is 23.0 Å². The van der Waals surface area contributed by atoms with E-state index in [4.69, 9.17) is 11.0 Å². The monoisotopic (exact) mass is 240 g/mol. The maximum absolute atomic E-state index is 11.4. The third-order valence-electron chi connectivity index (χ3n) is 1.76. The maximum Gasteiger partial charge on any atom is 0.299 e. The van der Waals surface area contributed by atoms with E-state index in [0.717, 1.165) is 0 Å². The van der Waals surface area contributed by atoms with Gasteiger partial charge in [0.1, 0.15) is 0 Å². The SMILES string of the molecule is CCNS(=O)(=O)Nc1ccc(C#N)cc1N. The van der Waals surface area contributed by atoms with Crippen molar-refractivity contribution in [3.63, 3.8) is 0 Å². The molecule has 1 aromatic rings. The largest absolute Gasteiger partial charge is 0.397 e. The zero-order chi connectivity index (χ0) is 12.2. The molecule has 0 aromatic heterocycles. The summed E-state index contributed by atoms with van der Waals surface area (Å²) in [5, 5.41) is 8.61. The molecule has 0 saturated carbocycles. The highest BCUT2D eigenvalue weighted by atomic mass is 32.2. The van der Waals surface area contributed by atoms with Crippen molar-refractivity contribution in [2.45, 2.75) is 6.92 Å². The zero-order valence-corrected chi connectivity index (χ0v) is 9.50. The van der Waals surface area contributed by atoms with Gasteiger partial charge in [-0.1, -0.05) is 6.92 Å². The Hall–Kier alpha value is -1.78. The van der Waals surface area contributed by atoms with E-state index in [-0.39, 0.29) is 17.9 Å². The standard InChI is InChI=1S/C9H12N4O2S/c1-2-12-16(14,15)13-9-4-3-7(6-10)5-8(9)11/h3-5,12-13H,2,11H2,1H3. The van der Waals surface area contributed by atoms with Crippen LogP contribution in [0.1, 0.15) is 12.5 Å². The second-order valence-corrected chi connectivity index (χ2v) is 4.52. The second kappa shape index (κ2) is 4.83. The molecule has 0 bridgehead atoms. The number of benzene rings is 1. The molecular formula is C9H12N4O2S. The van der Waals surface area contributed by atoms with Crippen LogP contribution in [0.5, 0.6) is 0 Å². The number of nitrogen functional groups attached to an aromatic ring is 1. The van der Waals surface area contributed by atoms with Crippen LogP contribution in [0, 0.1) is 11.3 Å². The van der Waals surface area contributed by atoms with Crippen molar-refractivity contribution in [3.8, 4) is 6.07 Å². The van der Waals surface area contributed by atoms with E-state index in [2.05, 4.69) is 9.44 Å². The second-order valence-electron chi connectivity index (χ2n) is 3.02. The molecule has 0 aliphatic rings. The fourth-order valence-corrected chi connectivity index (χ4v) is 2.02. The summed E-state index contributed by atoms with van der Waals surface area (Å²) in [5.74, 6) is 0. The highest BCUT2D eigenvalue weighted by molar-refractivity contribution is 7.90. The first kappa shape index (κ1) is 12.3. The minimum atomic E-state index is -3.59. The first-order valence-electron chi connectivity index (χ1n) is 4.55. The van der Waals surface area contributed by atoms with E-state index in [1.54, 1.807) is 6.92 Å². The minimum absolute atomic E-state index is 0.209. The van der Waals surface area contributed by atoms with Crippen molar-refractivity contribution in [1.29, 1.82) is 5.26 Å². The van der Waals surface area contributed by atoms with Crippen molar-refractivity contribution < 1.29 is 8.42 Å². The molecule has 0 heterocycles. The summed E-state index contributed by atoms with van der Waals surface area (Å²) in [5.41, 5.74) is 6.43. The molecule has 1 aromatic carbocycles. The van der Waals surface area contributed by atoms with Crippen molar-refractivity contribution in [3.05, 3.63) is 23.8 Å². The molecule has 0 fully saturated rings. The van der Waals surface area contributed by atoms with Crippen LogP contribution >= 0.6 is 0 Å². The van der Waals surface area contributed by atoms with Crippen LogP contribution in [0.3, 0.4) is 0 Å². The number of nitrogens with two attached hydrogens (primary N) is 1. The van der Waals surface area contributed by atoms with Gasteiger partial charge in [0.15, 0.2) is 0 Å². The summed E-state index contributed by atoms with van der Waals surface area (Å²) in [4.78, 5) is 0. The lowest BCUT2D eigenvalue weighted by molar-refractivity contribution is 0.589. The van der Waals surface area contributed by atoms with Gasteiger partial charge >= 0.3 is 0 Å². The number of nitrogens with zero attached hydrogens (tertiary/aromatic N) is 1. The Balaban J connectivity index is 2.96. The molecule has 0 unspecified atom stereocenters. The summed E-state index contributed by atoms with van der Waals surface area (Å²) in [6, 6.07) is 6.25. The molecule has 7 heteroatoms. The first-order valence-corrected chi connectivity index (χ1v) is 6.04. The molecule has 0 aliphatic carbocycles. The number of hydrogen-bond donors (Lipinski definition) is 3. The molecule has 0 aliphatic heterocycles. The first-order chi connectivity index (χ1) is 7.48. The van der Waals surface area contributed by atoms with Crippen LogP contribution in [0.15, 0.2) is 18.2 Å². The summed E-state index contributed by atoms with van der Waals surface area (Å²) in [6.07, 6.45) is 0. The van der Waals surface area contributed by atoms with Gasteiger partial charge in [0.2, 0.25) is 0 Å². The van der Waals surface area contributed by atoms with Gasteiger partial charge in [-0.2, -0.15) is 18.4 Å². The fourth-order valence-electron chi connectivity index (χ4n) is 1.10. The van der Waals surface area contributed by atoms with E-state index in [1.807, 2.05) is 6.07 Å². The summed E-state index contributed by atoms with van der Waals surface area (Å²) < 4.78 is 27.3. The lowest BCUT2D eigenvalue weighted by Crippen LogP contribution is -2.30. The Bertz CT molecular complexity index is 519. The molecule has 0 radical (unpaired) electrons. The average molecular weight is 240 g/mol. The lowest BCUT2D eigenvalue weighted by Gasteiger charge is -2.10. The molecule has 0 spiro atoms. The van der Waals surface area contributed by atoms with Crippen LogP contribution in [-0.2, 0) is 10.2 Å².